The minimum Gasteiger partial charge on any atom is 1.00 e. The van der Waals surface area contributed by atoms with Gasteiger partial charge in [-0.2, -0.15) is 0 Å². The van der Waals surface area contributed by atoms with Crippen LogP contribution in [-0.2, 0) is 4.31 Å². The molecule has 61 valence electrons. The van der Waals surface area contributed by atoms with Crippen LogP contribution in [0.25, 0.3) is 0 Å². The molecule has 0 fully saturated rings. The van der Waals surface area contributed by atoms with Crippen LogP contribution >= 0.6 is 67.8 Å². The first-order valence-electron chi connectivity index (χ1n) is 0.935. The second kappa shape index (κ2) is 8.16. The third-order valence-electron chi connectivity index (χ3n) is 0. The first-order valence-corrected chi connectivity index (χ1v) is 16.6. The van der Waals surface area contributed by atoms with Crippen molar-refractivity contribution in [2.45, 2.75) is 0 Å². The van der Waals surface area contributed by atoms with Crippen molar-refractivity contribution in [2.24, 2.45) is 0 Å². The van der Waals surface area contributed by atoms with Crippen LogP contribution in [0.2, 0.25) is 0 Å². The molecule has 0 aromatic carbocycles. The molecule has 0 saturated heterocycles. The van der Waals surface area contributed by atoms with Crippen molar-refractivity contribution in [3.05, 3.63) is 0 Å². The third kappa shape index (κ3) is 75.1. The molecule has 0 aliphatic heterocycles. The summed E-state index contributed by atoms with van der Waals surface area (Å²) < 4.78 is -6.30. The maximum absolute atomic E-state index is 6.30. The van der Waals surface area contributed by atoms with Crippen molar-refractivity contribution in [1.82, 2.24) is 0 Å². The van der Waals surface area contributed by atoms with E-state index >= 15 is 0 Å². The van der Waals surface area contributed by atoms with E-state index in [-0.39, 0.29) is 206 Å². The normalized spacial score (nSPS) is 18.1. The summed E-state index contributed by atoms with van der Waals surface area (Å²) in [5, 5.41) is 0. The van der Waals surface area contributed by atoms with Gasteiger partial charge < -0.3 is 0 Å². The van der Waals surface area contributed by atoms with E-state index in [1.807, 2.05) is 0 Å². The second-order valence-electron chi connectivity index (χ2n) is 1.06. The molecule has 0 unspecified atom stereocenters. The zero-order chi connectivity index (χ0) is 7.38. The fourth-order valence-corrected chi connectivity index (χ4v) is 0. The van der Waals surface area contributed by atoms with Gasteiger partial charge in [-0.25, -0.2) is 0 Å². The second-order valence-corrected chi connectivity index (χ2v) is 56.5. The summed E-state index contributed by atoms with van der Waals surface area (Å²) in [5.74, 6) is 0. The molecule has 0 N–H and O–H groups in total. The predicted molar refractivity (Wildman–Crippen MR) is 41.0 cm³/mol. The zero-order valence-corrected chi connectivity index (χ0v) is 26.5. The van der Waals surface area contributed by atoms with Gasteiger partial charge in [0.05, 0.1) is 0 Å². The van der Waals surface area contributed by atoms with Gasteiger partial charge in [0.25, 0.3) is 0 Å². The Hall–Kier alpha value is 9.20. The van der Waals surface area contributed by atoms with Crippen molar-refractivity contribution in [1.29, 1.82) is 0 Å². The van der Waals surface area contributed by atoms with Gasteiger partial charge >= 0.3 is 278 Å². The minimum absolute atomic E-state index is 0. The minimum atomic E-state index is -6.30. The number of halogens is 7. The van der Waals surface area contributed by atoms with Gasteiger partial charge in [0.1, 0.15) is 0 Å². The molecule has 0 aliphatic rings. The van der Waals surface area contributed by atoms with Crippen molar-refractivity contribution < 1.29 is 210 Å². The molecule has 0 heterocycles. The van der Waals surface area contributed by atoms with Gasteiger partial charge in [-0.3, -0.25) is 0 Å². The quantitative estimate of drug-likeness (QED) is 0.287. The first kappa shape index (κ1) is 33.0. The van der Waals surface area contributed by atoms with E-state index in [2.05, 4.69) is 0 Å². The van der Waals surface area contributed by atoms with Crippen LogP contribution in [-0.4, -0.2) is 0 Å². The molecule has 0 bridgehead atoms. The van der Waals surface area contributed by atoms with Crippen LogP contribution in [0, 0.1) is 0 Å². The number of rotatable bonds is 0. The third-order valence-corrected chi connectivity index (χ3v) is 0. The van der Waals surface area contributed by atoms with Crippen LogP contribution in [0.5, 0.6) is 0 Å². The molecule has 0 radical (unpaired) electrons. The summed E-state index contributed by atoms with van der Waals surface area (Å²) in [4.78, 5) is 0. The molecule has 0 rings (SSSR count). The SMILES string of the molecule is [Cl][Ru-4]([Cl])([Cl])([Cl])([Cl])([Cl])[Cl].[K+].[K+].[K+].[K+]. The maximum atomic E-state index is 5.06. The average molecular weight is 506 g/mol. The van der Waals surface area contributed by atoms with Crippen molar-refractivity contribution in [3.63, 3.8) is 0 Å². The topological polar surface area (TPSA) is 0 Å². The Labute approximate surface area is 267 Å². The molecule has 0 nitrogen and oxygen atoms in total. The van der Waals surface area contributed by atoms with Gasteiger partial charge in [-0.1, -0.05) is 0 Å². The number of hydrogen-bond donors (Lipinski definition) is 0. The molecule has 0 aromatic heterocycles. The molecular weight excluding hydrogens is 506 g/mol. The Morgan fingerprint density at radius 1 is 0.417 bits per heavy atom. The van der Waals surface area contributed by atoms with E-state index in [1.54, 1.807) is 0 Å². The van der Waals surface area contributed by atoms with Crippen molar-refractivity contribution in [2.75, 3.05) is 0 Å². The summed E-state index contributed by atoms with van der Waals surface area (Å²) in [7, 11) is 35.4. The summed E-state index contributed by atoms with van der Waals surface area (Å²) in [6.07, 6.45) is 0. The van der Waals surface area contributed by atoms with Crippen LogP contribution in [0.15, 0.2) is 0 Å². The molecule has 0 atom stereocenters. The van der Waals surface area contributed by atoms with E-state index in [4.69, 9.17) is 67.8 Å². The molecule has 0 saturated carbocycles. The molecule has 0 spiro atoms. The summed E-state index contributed by atoms with van der Waals surface area (Å²) in [5.41, 5.74) is 0. The average Bonchev–Trinajstić information content (AvgIpc) is 0.544. The molecule has 0 aromatic rings. The van der Waals surface area contributed by atoms with Crippen LogP contribution in [0.3, 0.4) is 0 Å². The monoisotopic (exact) mass is 503 g/mol. The number of hydrogen-bond acceptors (Lipinski definition) is 0. The van der Waals surface area contributed by atoms with Gasteiger partial charge in [-0.05, 0) is 0 Å². The van der Waals surface area contributed by atoms with E-state index in [0.29, 0.717) is 0 Å². The van der Waals surface area contributed by atoms with Crippen LogP contribution in [0.4, 0.5) is 0 Å². The smallest absolute Gasteiger partial charge is 1.00 e. The van der Waals surface area contributed by atoms with Crippen molar-refractivity contribution in [3.8, 4) is 0 Å². The van der Waals surface area contributed by atoms with Gasteiger partial charge in [0, 0.05) is 0 Å². The van der Waals surface area contributed by atoms with E-state index in [9.17, 15) is 0 Å². The van der Waals surface area contributed by atoms with E-state index in [0.717, 1.165) is 0 Å². The summed E-state index contributed by atoms with van der Waals surface area (Å²) in [6.45, 7) is 0. The van der Waals surface area contributed by atoms with Crippen LogP contribution < -0.4 is 206 Å². The van der Waals surface area contributed by atoms with E-state index in [1.165, 1.54) is 0 Å². The molecule has 12 heavy (non-hydrogen) atoms. The standard InChI is InChI=1S/7ClH.4K.Ru/h7*1H;;;;;/q;;;;;;;4*+1;+3/p-7. The van der Waals surface area contributed by atoms with Crippen molar-refractivity contribution >= 4 is 67.8 Å². The van der Waals surface area contributed by atoms with Gasteiger partial charge in [-0.15, -0.1) is 0 Å². The molecular formula is Cl7K4Ru. The Kier molecular flexibility index (Phi) is 22.4. The largest absolute Gasteiger partial charge is 1.00 e. The maximum Gasteiger partial charge on any atom is 1.00 e. The van der Waals surface area contributed by atoms with Gasteiger partial charge in [0.2, 0.25) is 0 Å². The first-order chi connectivity index (χ1) is 2.65. The molecule has 0 aliphatic carbocycles. The Bertz CT molecular complexity index is 108. The predicted octanol–water partition coefficient (Wildman–Crippen LogP) is -7.16. The zero-order valence-electron chi connectivity index (χ0n) is 7.00. The Morgan fingerprint density at radius 3 is 0.417 bits per heavy atom. The Morgan fingerprint density at radius 2 is 0.417 bits per heavy atom. The molecule has 12 heteroatoms. The summed E-state index contributed by atoms with van der Waals surface area (Å²) in [6, 6.07) is 0. The van der Waals surface area contributed by atoms with Crippen LogP contribution in [0.1, 0.15) is 0 Å². The molecule has 0 amide bonds. The summed E-state index contributed by atoms with van der Waals surface area (Å²) >= 11 is 0. The van der Waals surface area contributed by atoms with E-state index < -0.39 is 4.31 Å². The fourth-order valence-electron chi connectivity index (χ4n) is 0. The Balaban J connectivity index is -0.0000000408. The fraction of sp³-hybridized carbons (Fsp3) is 0. The van der Waals surface area contributed by atoms with Gasteiger partial charge in [0.15, 0.2) is 0 Å².